The lowest BCUT2D eigenvalue weighted by molar-refractivity contribution is 0.849. The van der Waals surface area contributed by atoms with Crippen molar-refractivity contribution >= 4 is 15.9 Å². The second kappa shape index (κ2) is 4.90. The molecule has 1 aromatic heterocycles. The van der Waals surface area contributed by atoms with Gasteiger partial charge in [-0.15, -0.1) is 0 Å². The van der Waals surface area contributed by atoms with Gasteiger partial charge in [0.2, 0.25) is 0 Å². The molecule has 2 aromatic carbocycles. The van der Waals surface area contributed by atoms with Crippen molar-refractivity contribution < 1.29 is 0 Å². The van der Waals surface area contributed by atoms with Gasteiger partial charge in [-0.05, 0) is 29.8 Å². The van der Waals surface area contributed by atoms with Crippen LogP contribution in [0.3, 0.4) is 0 Å². The Hall–Kier alpha value is -2.07. The summed E-state index contributed by atoms with van der Waals surface area (Å²) in [4.78, 5) is 12.4. The van der Waals surface area contributed by atoms with E-state index in [0.29, 0.717) is 5.56 Å². The van der Waals surface area contributed by atoms with E-state index < -0.39 is 0 Å². The summed E-state index contributed by atoms with van der Waals surface area (Å²) in [5, 5.41) is 3.00. The first-order valence-electron chi connectivity index (χ1n) is 5.87. The Labute approximate surface area is 118 Å². The molecule has 0 aliphatic rings. The van der Waals surface area contributed by atoms with E-state index in [4.69, 9.17) is 0 Å². The predicted molar refractivity (Wildman–Crippen MR) is 79.5 cm³/mol. The van der Waals surface area contributed by atoms with E-state index in [2.05, 4.69) is 21.0 Å². The summed E-state index contributed by atoms with van der Waals surface area (Å²) >= 11 is 3.38. The van der Waals surface area contributed by atoms with Gasteiger partial charge in [0.05, 0.1) is 11.3 Å². The van der Waals surface area contributed by atoms with Gasteiger partial charge in [0, 0.05) is 10.7 Å². The summed E-state index contributed by atoms with van der Waals surface area (Å²) in [5.74, 6) is 0. The van der Waals surface area contributed by atoms with Gasteiger partial charge in [-0.3, -0.25) is 9.89 Å². The van der Waals surface area contributed by atoms with Gasteiger partial charge in [0.25, 0.3) is 5.56 Å². The van der Waals surface area contributed by atoms with Crippen molar-refractivity contribution in [3.63, 3.8) is 0 Å². The molecule has 0 aliphatic heterocycles. The van der Waals surface area contributed by atoms with Crippen LogP contribution in [0, 0.1) is 0 Å². The minimum Gasteiger partial charge on any atom is -0.298 e. The Balaban J connectivity index is 2.09. The summed E-state index contributed by atoms with van der Waals surface area (Å²) < 4.78 is 2.52. The van der Waals surface area contributed by atoms with Crippen molar-refractivity contribution in [2.24, 2.45) is 0 Å². The predicted octanol–water partition coefficient (Wildman–Crippen LogP) is 3.60. The first kappa shape index (κ1) is 12.0. The molecule has 3 rings (SSSR count). The van der Waals surface area contributed by atoms with E-state index in [1.54, 1.807) is 6.20 Å². The number of rotatable bonds is 2. The molecule has 0 saturated carbocycles. The number of benzene rings is 2. The molecule has 1 heterocycles. The Bertz CT molecular complexity index is 742. The zero-order valence-electron chi connectivity index (χ0n) is 10.0. The first-order valence-corrected chi connectivity index (χ1v) is 6.67. The Kier molecular flexibility index (Phi) is 3.09. The zero-order chi connectivity index (χ0) is 13.2. The molecule has 0 atom stereocenters. The van der Waals surface area contributed by atoms with E-state index in [1.807, 2.05) is 54.6 Å². The molecular weight excluding hydrogens is 304 g/mol. The quantitative estimate of drug-likeness (QED) is 0.771. The van der Waals surface area contributed by atoms with Crippen molar-refractivity contribution in [3.8, 4) is 16.8 Å². The standard InChI is InChI=1S/C15H11BrN2O/c16-12-6-8-13(9-7-12)18-15(19)14(10-17-18)11-4-2-1-3-5-11/h1-10,17H. The van der Waals surface area contributed by atoms with Crippen LogP contribution in [0.15, 0.2) is 70.1 Å². The molecule has 1 N–H and O–H groups in total. The molecule has 94 valence electrons. The van der Waals surface area contributed by atoms with E-state index in [0.717, 1.165) is 15.7 Å². The number of nitrogens with zero attached hydrogens (tertiary/aromatic N) is 1. The monoisotopic (exact) mass is 314 g/mol. The van der Waals surface area contributed by atoms with Crippen molar-refractivity contribution in [2.75, 3.05) is 0 Å². The van der Waals surface area contributed by atoms with Gasteiger partial charge in [-0.25, -0.2) is 4.68 Å². The van der Waals surface area contributed by atoms with Gasteiger partial charge in [0.1, 0.15) is 0 Å². The number of aromatic amines is 1. The van der Waals surface area contributed by atoms with Gasteiger partial charge >= 0.3 is 0 Å². The van der Waals surface area contributed by atoms with Crippen LogP contribution >= 0.6 is 15.9 Å². The minimum atomic E-state index is -0.0477. The highest BCUT2D eigenvalue weighted by Crippen LogP contribution is 2.16. The van der Waals surface area contributed by atoms with Gasteiger partial charge in [-0.2, -0.15) is 0 Å². The Morgan fingerprint density at radius 1 is 0.947 bits per heavy atom. The minimum absolute atomic E-state index is 0.0477. The third-order valence-corrected chi connectivity index (χ3v) is 3.47. The summed E-state index contributed by atoms with van der Waals surface area (Å²) in [6.07, 6.45) is 1.74. The third-order valence-electron chi connectivity index (χ3n) is 2.94. The SMILES string of the molecule is O=c1c(-c2ccccc2)c[nH]n1-c1ccc(Br)cc1. The van der Waals surface area contributed by atoms with E-state index in [-0.39, 0.29) is 5.56 Å². The maximum Gasteiger partial charge on any atom is 0.279 e. The van der Waals surface area contributed by atoms with Crippen molar-refractivity contribution in [3.05, 3.63) is 75.6 Å². The molecule has 3 aromatic rings. The molecule has 3 nitrogen and oxygen atoms in total. The highest BCUT2D eigenvalue weighted by atomic mass is 79.9. The second-order valence-corrected chi connectivity index (χ2v) is 5.09. The Morgan fingerprint density at radius 3 is 2.32 bits per heavy atom. The lowest BCUT2D eigenvalue weighted by atomic mass is 10.1. The number of aromatic nitrogens is 2. The smallest absolute Gasteiger partial charge is 0.279 e. The number of hydrogen-bond acceptors (Lipinski definition) is 1. The highest BCUT2D eigenvalue weighted by Gasteiger charge is 2.09. The van der Waals surface area contributed by atoms with Crippen LogP contribution in [0.25, 0.3) is 16.8 Å². The highest BCUT2D eigenvalue weighted by molar-refractivity contribution is 9.10. The van der Waals surface area contributed by atoms with E-state index >= 15 is 0 Å². The number of hydrogen-bond donors (Lipinski definition) is 1. The number of nitrogens with one attached hydrogen (secondary N) is 1. The molecule has 4 heteroatoms. The van der Waals surface area contributed by atoms with Crippen molar-refractivity contribution in [1.82, 2.24) is 9.78 Å². The third kappa shape index (κ3) is 2.27. The average Bonchev–Trinajstić information content (AvgIpc) is 2.83. The fraction of sp³-hybridized carbons (Fsp3) is 0. The maximum atomic E-state index is 12.4. The van der Waals surface area contributed by atoms with Crippen LogP contribution in [-0.2, 0) is 0 Å². The van der Waals surface area contributed by atoms with Gasteiger partial charge in [0.15, 0.2) is 0 Å². The summed E-state index contributed by atoms with van der Waals surface area (Å²) in [6, 6.07) is 17.2. The number of H-pyrrole nitrogens is 1. The summed E-state index contributed by atoms with van der Waals surface area (Å²) in [5.41, 5.74) is 2.35. The fourth-order valence-electron chi connectivity index (χ4n) is 1.98. The molecule has 0 saturated heterocycles. The molecular formula is C15H11BrN2O. The largest absolute Gasteiger partial charge is 0.298 e. The molecule has 0 amide bonds. The van der Waals surface area contributed by atoms with Crippen LogP contribution in [0.2, 0.25) is 0 Å². The maximum absolute atomic E-state index is 12.4. The van der Waals surface area contributed by atoms with Crippen LogP contribution < -0.4 is 5.56 Å². The second-order valence-electron chi connectivity index (χ2n) is 4.17. The fourth-order valence-corrected chi connectivity index (χ4v) is 2.24. The molecule has 0 radical (unpaired) electrons. The molecule has 19 heavy (non-hydrogen) atoms. The summed E-state index contributed by atoms with van der Waals surface area (Å²) in [7, 11) is 0. The average molecular weight is 315 g/mol. The molecule has 0 unspecified atom stereocenters. The van der Waals surface area contributed by atoms with Gasteiger partial charge in [-0.1, -0.05) is 46.3 Å². The lowest BCUT2D eigenvalue weighted by Gasteiger charge is -2.01. The molecule has 0 aliphatic carbocycles. The normalized spacial score (nSPS) is 10.6. The molecule has 0 fully saturated rings. The zero-order valence-corrected chi connectivity index (χ0v) is 11.6. The first-order chi connectivity index (χ1) is 9.25. The van der Waals surface area contributed by atoms with Crippen LogP contribution in [0.5, 0.6) is 0 Å². The molecule has 0 bridgehead atoms. The van der Waals surface area contributed by atoms with E-state index in [1.165, 1.54) is 4.68 Å². The lowest BCUT2D eigenvalue weighted by Crippen LogP contribution is -2.15. The van der Waals surface area contributed by atoms with Crippen LogP contribution in [0.4, 0.5) is 0 Å². The molecule has 0 spiro atoms. The van der Waals surface area contributed by atoms with Gasteiger partial charge < -0.3 is 0 Å². The van der Waals surface area contributed by atoms with E-state index in [9.17, 15) is 4.79 Å². The Morgan fingerprint density at radius 2 is 1.63 bits per heavy atom. The van der Waals surface area contributed by atoms with Crippen LogP contribution in [-0.4, -0.2) is 9.78 Å². The topological polar surface area (TPSA) is 37.8 Å². The number of halogens is 1. The van der Waals surface area contributed by atoms with Crippen molar-refractivity contribution in [2.45, 2.75) is 0 Å². The van der Waals surface area contributed by atoms with Crippen molar-refractivity contribution in [1.29, 1.82) is 0 Å². The van der Waals surface area contributed by atoms with Crippen LogP contribution in [0.1, 0.15) is 0 Å². The summed E-state index contributed by atoms with van der Waals surface area (Å²) in [6.45, 7) is 0.